The molecule has 5 nitrogen and oxygen atoms in total. The largest absolute Gasteiger partial charge is 0.541 e. The number of aromatic nitrogens is 1. The molecule has 5 heteroatoms. The number of Topliss-reactive ketones (excluding diaryl/α,β-unsaturated/α-hetero) is 1. The zero-order valence-corrected chi connectivity index (χ0v) is 14.5. The van der Waals surface area contributed by atoms with E-state index in [0.29, 0.717) is 16.8 Å². The average Bonchev–Trinajstić information content (AvgIpc) is 2.65. The SMILES string of the molecule is CN(C)c1ccc(/C=C(\C(=O)C(=O)[O-])c2ccc3ccccc3n2)cc1. The number of para-hydroxylation sites is 1. The Morgan fingerprint density at radius 3 is 2.31 bits per heavy atom. The van der Waals surface area contributed by atoms with Gasteiger partial charge in [-0.05, 0) is 35.9 Å². The lowest BCUT2D eigenvalue weighted by Crippen LogP contribution is -2.32. The molecule has 2 aromatic carbocycles. The third-order valence-corrected chi connectivity index (χ3v) is 4.02. The summed E-state index contributed by atoms with van der Waals surface area (Å²) in [6, 6.07) is 18.3. The van der Waals surface area contributed by atoms with Crippen LogP contribution in [0.4, 0.5) is 5.69 Å². The third kappa shape index (κ3) is 3.62. The van der Waals surface area contributed by atoms with Gasteiger partial charge >= 0.3 is 0 Å². The van der Waals surface area contributed by atoms with Crippen LogP contribution in [0.15, 0.2) is 60.7 Å². The Morgan fingerprint density at radius 1 is 0.962 bits per heavy atom. The number of carbonyl (C=O) groups excluding carboxylic acids is 2. The van der Waals surface area contributed by atoms with Gasteiger partial charge in [0, 0.05) is 25.2 Å². The van der Waals surface area contributed by atoms with E-state index >= 15 is 0 Å². The van der Waals surface area contributed by atoms with Crippen LogP contribution in [0, 0.1) is 0 Å². The Hall–Kier alpha value is -3.47. The van der Waals surface area contributed by atoms with Gasteiger partial charge in [0.25, 0.3) is 0 Å². The molecule has 0 unspecified atom stereocenters. The second kappa shape index (κ2) is 7.19. The molecule has 0 saturated heterocycles. The van der Waals surface area contributed by atoms with Crippen molar-refractivity contribution in [3.63, 3.8) is 0 Å². The fourth-order valence-electron chi connectivity index (χ4n) is 2.62. The van der Waals surface area contributed by atoms with Crippen molar-refractivity contribution >= 4 is 40.0 Å². The number of benzene rings is 2. The molecule has 130 valence electrons. The van der Waals surface area contributed by atoms with E-state index in [0.717, 1.165) is 11.1 Å². The quantitative estimate of drug-likeness (QED) is 0.523. The molecule has 1 aromatic heterocycles. The van der Waals surface area contributed by atoms with Crippen molar-refractivity contribution in [1.29, 1.82) is 0 Å². The monoisotopic (exact) mass is 345 g/mol. The van der Waals surface area contributed by atoms with Gasteiger partial charge in [-0.2, -0.15) is 0 Å². The van der Waals surface area contributed by atoms with Crippen LogP contribution in [-0.4, -0.2) is 30.8 Å². The third-order valence-electron chi connectivity index (χ3n) is 4.02. The first kappa shape index (κ1) is 17.4. The number of hydrogen-bond donors (Lipinski definition) is 0. The molecule has 0 saturated carbocycles. The van der Waals surface area contributed by atoms with Crippen LogP contribution in [0.2, 0.25) is 0 Å². The lowest BCUT2D eigenvalue weighted by atomic mass is 10.0. The Kier molecular flexibility index (Phi) is 4.80. The van der Waals surface area contributed by atoms with E-state index in [2.05, 4.69) is 4.98 Å². The molecule has 0 bridgehead atoms. The molecule has 0 amide bonds. The molecule has 0 fully saturated rings. The Bertz CT molecular complexity index is 1010. The maximum Gasteiger partial charge on any atom is 0.210 e. The van der Waals surface area contributed by atoms with Gasteiger partial charge in [-0.25, -0.2) is 4.98 Å². The highest BCUT2D eigenvalue weighted by Gasteiger charge is 2.15. The van der Waals surface area contributed by atoms with Gasteiger partial charge in [0.2, 0.25) is 5.78 Å². The Labute approximate surface area is 151 Å². The van der Waals surface area contributed by atoms with Crippen molar-refractivity contribution in [3.8, 4) is 0 Å². The smallest absolute Gasteiger partial charge is 0.210 e. The molecule has 0 aliphatic rings. The number of aliphatic carboxylic acids is 1. The number of ketones is 1. The number of anilines is 1. The highest BCUT2D eigenvalue weighted by Crippen LogP contribution is 2.22. The minimum atomic E-state index is -1.75. The summed E-state index contributed by atoms with van der Waals surface area (Å²) in [5.41, 5.74) is 2.68. The van der Waals surface area contributed by atoms with Gasteiger partial charge in [0.05, 0.1) is 16.8 Å². The van der Waals surface area contributed by atoms with E-state index in [4.69, 9.17) is 0 Å². The molecule has 3 rings (SSSR count). The van der Waals surface area contributed by atoms with Gasteiger partial charge in [0.15, 0.2) is 0 Å². The standard InChI is InChI=1S/C21H18N2O3/c1-23(2)16-10-7-14(8-11-16)13-17(20(24)21(25)26)19-12-9-15-5-3-4-6-18(15)22-19/h3-13H,1-2H3,(H,25,26)/p-1/b17-13-. The molecule has 0 atom stereocenters. The second-order valence-corrected chi connectivity index (χ2v) is 6.05. The summed E-state index contributed by atoms with van der Waals surface area (Å²) in [6.45, 7) is 0. The van der Waals surface area contributed by atoms with Crippen molar-refractivity contribution in [2.24, 2.45) is 0 Å². The van der Waals surface area contributed by atoms with E-state index in [1.165, 1.54) is 6.08 Å². The maximum absolute atomic E-state index is 12.2. The van der Waals surface area contributed by atoms with E-state index in [1.807, 2.05) is 73.6 Å². The zero-order valence-electron chi connectivity index (χ0n) is 14.5. The number of carboxylic acids is 1. The topological polar surface area (TPSA) is 73.3 Å². The molecule has 3 aromatic rings. The number of rotatable bonds is 5. The van der Waals surface area contributed by atoms with Gasteiger partial charge in [-0.15, -0.1) is 0 Å². The Morgan fingerprint density at radius 2 is 1.65 bits per heavy atom. The molecule has 26 heavy (non-hydrogen) atoms. The Balaban J connectivity index is 2.09. The summed E-state index contributed by atoms with van der Waals surface area (Å²) in [5.74, 6) is -2.85. The zero-order chi connectivity index (χ0) is 18.7. The number of carbonyl (C=O) groups is 2. The van der Waals surface area contributed by atoms with Crippen LogP contribution in [0.3, 0.4) is 0 Å². The fraction of sp³-hybridized carbons (Fsp3) is 0.0952. The average molecular weight is 345 g/mol. The number of nitrogens with zero attached hydrogens (tertiary/aromatic N) is 2. The van der Waals surface area contributed by atoms with Gasteiger partial charge in [-0.3, -0.25) is 4.79 Å². The minimum absolute atomic E-state index is 0.00615. The molecule has 0 spiro atoms. The number of carboxylic acid groups (broad SMARTS) is 1. The van der Waals surface area contributed by atoms with E-state index in [1.54, 1.807) is 6.07 Å². The van der Waals surface area contributed by atoms with E-state index in [9.17, 15) is 14.7 Å². The highest BCUT2D eigenvalue weighted by atomic mass is 16.4. The lowest BCUT2D eigenvalue weighted by Gasteiger charge is -2.12. The maximum atomic E-state index is 12.2. The van der Waals surface area contributed by atoms with Crippen molar-refractivity contribution in [3.05, 3.63) is 71.9 Å². The molecule has 0 aliphatic carbocycles. The van der Waals surface area contributed by atoms with Crippen LogP contribution in [0.25, 0.3) is 22.6 Å². The summed E-state index contributed by atoms with van der Waals surface area (Å²) >= 11 is 0. The summed E-state index contributed by atoms with van der Waals surface area (Å²) in [6.07, 6.45) is 1.52. The number of hydrogen-bond acceptors (Lipinski definition) is 5. The minimum Gasteiger partial charge on any atom is -0.541 e. The van der Waals surface area contributed by atoms with Gasteiger partial charge < -0.3 is 14.8 Å². The normalized spacial score (nSPS) is 11.4. The molecular weight excluding hydrogens is 328 g/mol. The van der Waals surface area contributed by atoms with Crippen LogP contribution in [-0.2, 0) is 9.59 Å². The van der Waals surface area contributed by atoms with Crippen molar-refractivity contribution < 1.29 is 14.7 Å². The molecule has 0 aliphatic heterocycles. The van der Waals surface area contributed by atoms with Gasteiger partial charge in [-0.1, -0.05) is 36.4 Å². The molecule has 0 radical (unpaired) electrons. The number of fused-ring (bicyclic) bond motifs is 1. The first-order valence-corrected chi connectivity index (χ1v) is 8.06. The highest BCUT2D eigenvalue weighted by molar-refractivity contribution is 6.52. The summed E-state index contributed by atoms with van der Waals surface area (Å²) in [7, 11) is 3.85. The van der Waals surface area contributed by atoms with Crippen molar-refractivity contribution in [2.45, 2.75) is 0 Å². The number of pyridine rings is 1. The van der Waals surface area contributed by atoms with Crippen LogP contribution in [0.1, 0.15) is 11.3 Å². The second-order valence-electron chi connectivity index (χ2n) is 6.05. The van der Waals surface area contributed by atoms with Crippen LogP contribution >= 0.6 is 0 Å². The van der Waals surface area contributed by atoms with Crippen LogP contribution < -0.4 is 10.0 Å². The first-order chi connectivity index (χ1) is 12.5. The predicted molar refractivity (Wildman–Crippen MR) is 100 cm³/mol. The van der Waals surface area contributed by atoms with Crippen LogP contribution in [0.5, 0.6) is 0 Å². The molecular formula is C21H17N2O3-. The van der Waals surface area contributed by atoms with E-state index in [-0.39, 0.29) is 5.57 Å². The fourth-order valence-corrected chi connectivity index (χ4v) is 2.62. The molecule has 0 N–H and O–H groups in total. The van der Waals surface area contributed by atoms with E-state index < -0.39 is 11.8 Å². The van der Waals surface area contributed by atoms with Crippen molar-refractivity contribution in [2.75, 3.05) is 19.0 Å². The van der Waals surface area contributed by atoms with Gasteiger partial charge in [0.1, 0.15) is 5.97 Å². The summed E-state index contributed by atoms with van der Waals surface area (Å²) < 4.78 is 0. The predicted octanol–water partition coefficient (Wildman–Crippen LogP) is 2.16. The summed E-state index contributed by atoms with van der Waals surface area (Å²) in [4.78, 5) is 29.7. The first-order valence-electron chi connectivity index (χ1n) is 8.06. The lowest BCUT2D eigenvalue weighted by molar-refractivity contribution is -0.299. The molecule has 1 heterocycles. The van der Waals surface area contributed by atoms with Crippen molar-refractivity contribution in [1.82, 2.24) is 4.98 Å². The summed E-state index contributed by atoms with van der Waals surface area (Å²) in [5, 5.41) is 12.1.